The quantitative estimate of drug-likeness (QED) is 0.652. The number of fused-ring (bicyclic) bond motifs is 1. The Labute approximate surface area is 187 Å². The molecule has 0 saturated carbocycles. The number of aromatic nitrogens is 1. The molecule has 1 fully saturated rings. The monoisotopic (exact) mass is 441 g/mol. The first-order chi connectivity index (χ1) is 14.9. The minimum absolute atomic E-state index is 0.574. The molecule has 5 nitrogen and oxygen atoms in total. The third-order valence-corrected chi connectivity index (χ3v) is 8.27. The van der Waals surface area contributed by atoms with E-state index in [0.717, 1.165) is 45.2 Å². The topological polar surface area (TPSA) is 53.5 Å². The molecule has 0 radical (unpaired) electrons. The number of hydrogen-bond acceptors (Lipinski definition) is 4. The molecule has 2 heterocycles. The first-order valence-corrected chi connectivity index (χ1v) is 13.5. The van der Waals surface area contributed by atoms with Gasteiger partial charge in [0.1, 0.15) is 0 Å². The summed E-state index contributed by atoms with van der Waals surface area (Å²) in [5, 5.41) is 0. The van der Waals surface area contributed by atoms with Crippen LogP contribution in [-0.4, -0.2) is 61.1 Å². The van der Waals surface area contributed by atoms with Crippen LogP contribution in [0.3, 0.4) is 0 Å². The van der Waals surface area contributed by atoms with E-state index in [1.54, 1.807) is 4.31 Å². The molecule has 1 unspecified atom stereocenters. The lowest BCUT2D eigenvalue weighted by Gasteiger charge is -2.39. The Morgan fingerprint density at radius 2 is 1.90 bits per heavy atom. The molecule has 1 aromatic heterocycles. The van der Waals surface area contributed by atoms with Crippen molar-refractivity contribution in [2.75, 3.05) is 32.4 Å². The Kier molecular flexibility index (Phi) is 7.09. The summed E-state index contributed by atoms with van der Waals surface area (Å²) in [6.07, 6.45) is 11.6. The lowest BCUT2D eigenvalue weighted by atomic mass is 9.85. The van der Waals surface area contributed by atoms with E-state index < -0.39 is 10.0 Å². The van der Waals surface area contributed by atoms with Crippen LogP contribution in [0, 0.1) is 5.92 Å². The Morgan fingerprint density at radius 3 is 2.58 bits per heavy atom. The summed E-state index contributed by atoms with van der Waals surface area (Å²) in [5.74, 6) is 0.590. The average molecular weight is 442 g/mol. The highest BCUT2D eigenvalue weighted by atomic mass is 32.2. The minimum Gasteiger partial charge on any atom is -0.300 e. The van der Waals surface area contributed by atoms with Gasteiger partial charge in [0.05, 0.1) is 6.26 Å². The van der Waals surface area contributed by atoms with Crippen molar-refractivity contribution >= 4 is 10.0 Å². The summed E-state index contributed by atoms with van der Waals surface area (Å²) < 4.78 is 25.3. The predicted octanol–water partition coefficient (Wildman–Crippen LogP) is 3.99. The normalized spacial score (nSPS) is 20.7. The van der Waals surface area contributed by atoms with Crippen LogP contribution in [0.5, 0.6) is 0 Å². The number of pyridine rings is 1. The first kappa shape index (κ1) is 22.4. The van der Waals surface area contributed by atoms with E-state index in [1.165, 1.54) is 34.9 Å². The molecule has 1 saturated heterocycles. The Morgan fingerprint density at radius 1 is 1.10 bits per heavy atom. The zero-order valence-electron chi connectivity index (χ0n) is 18.8. The average Bonchev–Trinajstić information content (AvgIpc) is 2.78. The van der Waals surface area contributed by atoms with E-state index in [0.29, 0.717) is 25.0 Å². The van der Waals surface area contributed by atoms with Gasteiger partial charge in [-0.25, -0.2) is 12.7 Å². The van der Waals surface area contributed by atoms with E-state index in [9.17, 15) is 8.42 Å². The van der Waals surface area contributed by atoms with Crippen molar-refractivity contribution in [3.63, 3.8) is 0 Å². The molecule has 4 rings (SSSR count). The van der Waals surface area contributed by atoms with E-state index in [2.05, 4.69) is 41.1 Å². The van der Waals surface area contributed by atoms with Crippen molar-refractivity contribution < 1.29 is 8.42 Å². The van der Waals surface area contributed by atoms with Crippen LogP contribution >= 0.6 is 0 Å². The lowest BCUT2D eigenvalue weighted by molar-refractivity contribution is 0.129. The van der Waals surface area contributed by atoms with Gasteiger partial charge in [0.25, 0.3) is 0 Å². The van der Waals surface area contributed by atoms with Gasteiger partial charge < -0.3 is 0 Å². The van der Waals surface area contributed by atoms with Crippen LogP contribution in [0.2, 0.25) is 0 Å². The van der Waals surface area contributed by atoms with Gasteiger partial charge >= 0.3 is 0 Å². The third-order valence-electron chi connectivity index (χ3n) is 6.97. The summed E-state index contributed by atoms with van der Waals surface area (Å²) in [5.41, 5.74) is 5.39. The van der Waals surface area contributed by atoms with Gasteiger partial charge in [-0.1, -0.05) is 31.2 Å². The molecule has 0 spiro atoms. The van der Waals surface area contributed by atoms with Crippen molar-refractivity contribution in [3.8, 4) is 11.1 Å². The molecule has 6 heteroatoms. The van der Waals surface area contributed by atoms with Crippen LogP contribution < -0.4 is 0 Å². The second-order valence-corrected chi connectivity index (χ2v) is 11.2. The van der Waals surface area contributed by atoms with Gasteiger partial charge in [0.15, 0.2) is 0 Å². The number of nitrogens with zero attached hydrogens (tertiary/aromatic N) is 3. The SMILES string of the molecule is CCCN(CC1CCN(S(C)(=O)=O)CC1)C1CCc2ccc(-c3cccnc3)cc2C1. The van der Waals surface area contributed by atoms with Crippen LogP contribution in [0.4, 0.5) is 0 Å². The molecule has 1 aliphatic carbocycles. The summed E-state index contributed by atoms with van der Waals surface area (Å²) >= 11 is 0. The van der Waals surface area contributed by atoms with Gasteiger partial charge in [-0.2, -0.15) is 0 Å². The van der Waals surface area contributed by atoms with E-state index in [4.69, 9.17) is 0 Å². The highest BCUT2D eigenvalue weighted by Gasteiger charge is 2.29. The van der Waals surface area contributed by atoms with Gasteiger partial charge in [-0.05, 0) is 79.3 Å². The van der Waals surface area contributed by atoms with Crippen LogP contribution in [-0.2, 0) is 22.9 Å². The van der Waals surface area contributed by atoms with E-state index in [-0.39, 0.29) is 0 Å². The molecular weight excluding hydrogens is 406 g/mol. The Bertz CT molecular complexity index is 970. The van der Waals surface area contributed by atoms with Crippen LogP contribution in [0.15, 0.2) is 42.7 Å². The van der Waals surface area contributed by atoms with E-state index >= 15 is 0 Å². The Hall–Kier alpha value is -1.76. The molecule has 1 aromatic carbocycles. The molecule has 168 valence electrons. The zero-order valence-corrected chi connectivity index (χ0v) is 19.7. The fourth-order valence-corrected chi connectivity index (χ4v) is 6.10. The number of rotatable bonds is 7. The fourth-order valence-electron chi connectivity index (χ4n) is 5.23. The molecule has 0 N–H and O–H groups in total. The van der Waals surface area contributed by atoms with Gasteiger partial charge in [0, 0.05) is 38.1 Å². The van der Waals surface area contributed by atoms with Gasteiger partial charge in [0.2, 0.25) is 10.0 Å². The fraction of sp³-hybridized carbons (Fsp3) is 0.560. The molecule has 0 amide bonds. The number of hydrogen-bond donors (Lipinski definition) is 0. The van der Waals surface area contributed by atoms with Crippen LogP contribution in [0.1, 0.15) is 43.7 Å². The van der Waals surface area contributed by atoms with Crippen molar-refractivity contribution in [2.45, 2.75) is 51.5 Å². The molecule has 31 heavy (non-hydrogen) atoms. The highest BCUT2D eigenvalue weighted by molar-refractivity contribution is 7.88. The number of sulfonamides is 1. The molecule has 1 aliphatic heterocycles. The molecule has 2 aromatic rings. The third kappa shape index (κ3) is 5.54. The van der Waals surface area contributed by atoms with Crippen LogP contribution in [0.25, 0.3) is 11.1 Å². The molecule has 0 bridgehead atoms. The van der Waals surface area contributed by atoms with Crippen molar-refractivity contribution in [1.29, 1.82) is 0 Å². The second kappa shape index (κ2) is 9.80. The summed E-state index contributed by atoms with van der Waals surface area (Å²) in [4.78, 5) is 6.97. The Balaban J connectivity index is 1.43. The summed E-state index contributed by atoms with van der Waals surface area (Å²) in [6, 6.07) is 11.6. The summed E-state index contributed by atoms with van der Waals surface area (Å²) in [7, 11) is -3.05. The molecule has 2 aliphatic rings. The maximum atomic E-state index is 11.8. The number of aryl methyl sites for hydroxylation is 1. The van der Waals surface area contributed by atoms with Gasteiger partial charge in [-0.3, -0.25) is 9.88 Å². The van der Waals surface area contributed by atoms with Gasteiger partial charge in [-0.15, -0.1) is 0 Å². The first-order valence-electron chi connectivity index (χ1n) is 11.7. The maximum Gasteiger partial charge on any atom is 0.211 e. The second-order valence-electron chi connectivity index (χ2n) is 9.22. The smallest absolute Gasteiger partial charge is 0.211 e. The number of benzene rings is 1. The van der Waals surface area contributed by atoms with E-state index in [1.807, 2.05) is 18.5 Å². The largest absolute Gasteiger partial charge is 0.300 e. The summed E-state index contributed by atoms with van der Waals surface area (Å²) in [6.45, 7) is 5.82. The number of piperidine rings is 1. The zero-order chi connectivity index (χ0) is 21.8. The predicted molar refractivity (Wildman–Crippen MR) is 126 cm³/mol. The van der Waals surface area contributed by atoms with Crippen molar-refractivity contribution in [1.82, 2.24) is 14.2 Å². The lowest BCUT2D eigenvalue weighted by Crippen LogP contribution is -2.45. The molecular formula is C25H35N3O2S. The highest BCUT2D eigenvalue weighted by Crippen LogP contribution is 2.30. The standard InChI is InChI=1S/C25H35N3O2S/c1-3-13-27(19-20-10-14-28(15-11-20)31(2,29)30)25-9-8-21-6-7-22(16-24(21)17-25)23-5-4-12-26-18-23/h4-7,12,16,18,20,25H,3,8-11,13-15,17,19H2,1-2H3. The van der Waals surface area contributed by atoms with Crippen molar-refractivity contribution in [2.24, 2.45) is 5.92 Å². The van der Waals surface area contributed by atoms with Crippen molar-refractivity contribution in [3.05, 3.63) is 53.9 Å². The maximum absolute atomic E-state index is 11.8. The minimum atomic E-state index is -3.05. The molecule has 1 atom stereocenters.